The summed E-state index contributed by atoms with van der Waals surface area (Å²) < 4.78 is 27.3. The van der Waals surface area contributed by atoms with Crippen molar-refractivity contribution in [3.8, 4) is 6.07 Å². The van der Waals surface area contributed by atoms with Crippen LogP contribution in [0, 0.1) is 11.3 Å². The number of nitrogens with two attached hydrogens (primary N) is 1. The molecule has 0 aromatic carbocycles. The van der Waals surface area contributed by atoms with Crippen LogP contribution < -0.4 is 5.73 Å². The highest BCUT2D eigenvalue weighted by Crippen LogP contribution is 2.44. The number of hydrogen-bond acceptors (Lipinski definition) is 6. The number of amides is 1. The minimum atomic E-state index is -3.33. The van der Waals surface area contributed by atoms with Crippen LogP contribution in [0.1, 0.15) is 57.8 Å². The molecule has 0 aromatic rings. The van der Waals surface area contributed by atoms with Crippen LogP contribution in [0.5, 0.6) is 0 Å². The lowest BCUT2D eigenvalue weighted by molar-refractivity contribution is -0.131. The highest BCUT2D eigenvalue weighted by molar-refractivity contribution is 7.89. The summed E-state index contributed by atoms with van der Waals surface area (Å²) in [4.78, 5) is 16.6. The fraction of sp³-hybridized carbons (Fsp3) is 0.900. The summed E-state index contributed by atoms with van der Waals surface area (Å²) in [6.45, 7) is 3.05. The van der Waals surface area contributed by atoms with E-state index in [1.54, 1.807) is 11.4 Å². The van der Waals surface area contributed by atoms with Crippen LogP contribution in [0.15, 0.2) is 0 Å². The Morgan fingerprint density at radius 1 is 1.21 bits per heavy atom. The van der Waals surface area contributed by atoms with E-state index in [1.165, 1.54) is 0 Å². The first kappa shape index (κ1) is 22.5. The molecule has 29 heavy (non-hydrogen) atoms. The van der Waals surface area contributed by atoms with E-state index >= 15 is 0 Å². The van der Waals surface area contributed by atoms with Crippen molar-refractivity contribution in [2.24, 2.45) is 5.73 Å². The van der Waals surface area contributed by atoms with E-state index in [2.05, 4.69) is 15.9 Å². The number of carbonyl (C=O) groups is 1. The Morgan fingerprint density at radius 2 is 1.93 bits per heavy atom. The fourth-order valence-electron chi connectivity index (χ4n) is 5.54. The summed E-state index contributed by atoms with van der Waals surface area (Å²) in [5.41, 5.74) is 5.20. The Kier molecular flexibility index (Phi) is 7.20. The van der Waals surface area contributed by atoms with Crippen LogP contribution in [0.3, 0.4) is 0 Å². The molecule has 0 spiro atoms. The van der Waals surface area contributed by atoms with E-state index in [1.807, 2.05) is 0 Å². The van der Waals surface area contributed by atoms with Crippen molar-refractivity contribution in [3.05, 3.63) is 0 Å². The maximum absolute atomic E-state index is 12.9. The summed E-state index contributed by atoms with van der Waals surface area (Å²) in [5, 5.41) is 8.71. The zero-order chi connectivity index (χ0) is 21.1. The van der Waals surface area contributed by atoms with Crippen LogP contribution >= 0.6 is 0 Å². The number of sulfonamides is 1. The molecule has 3 rings (SSSR count). The number of fused-ring (bicyclic) bond motifs is 2. The molecule has 3 aliphatic heterocycles. The Morgan fingerprint density at radius 3 is 2.59 bits per heavy atom. The summed E-state index contributed by atoms with van der Waals surface area (Å²) >= 11 is 0. The number of primary amides is 1. The number of piperidine rings is 2. The van der Waals surface area contributed by atoms with E-state index in [0.29, 0.717) is 25.4 Å². The van der Waals surface area contributed by atoms with Crippen molar-refractivity contribution in [1.82, 2.24) is 14.1 Å². The van der Waals surface area contributed by atoms with Gasteiger partial charge in [0.25, 0.3) is 0 Å². The molecule has 0 radical (unpaired) electrons. The molecule has 0 aromatic heterocycles. The minimum Gasteiger partial charge on any atom is -0.368 e. The maximum atomic E-state index is 12.9. The third-order valence-electron chi connectivity index (χ3n) is 7.32. The van der Waals surface area contributed by atoms with E-state index in [-0.39, 0.29) is 17.7 Å². The second kappa shape index (κ2) is 9.29. The van der Waals surface area contributed by atoms with E-state index in [0.717, 1.165) is 64.6 Å². The first-order valence-electron chi connectivity index (χ1n) is 10.9. The number of rotatable bonds is 9. The van der Waals surface area contributed by atoms with Crippen LogP contribution in [0.25, 0.3) is 0 Å². The molecule has 8 nitrogen and oxygen atoms in total. The largest absolute Gasteiger partial charge is 0.368 e. The molecule has 0 aliphatic carbocycles. The van der Waals surface area contributed by atoms with Gasteiger partial charge in [0.15, 0.2) is 0 Å². The molecule has 3 fully saturated rings. The second-order valence-corrected chi connectivity index (χ2v) is 11.0. The maximum Gasteiger partial charge on any atom is 0.237 e. The van der Waals surface area contributed by atoms with E-state index in [9.17, 15) is 13.2 Å². The third-order valence-corrected chi connectivity index (χ3v) is 9.30. The molecular formula is C20H35N5O3S. The monoisotopic (exact) mass is 425 g/mol. The average molecular weight is 426 g/mol. The number of hydrogen-bond donors (Lipinski definition) is 1. The number of nitriles is 1. The van der Waals surface area contributed by atoms with E-state index < -0.39 is 15.6 Å². The SMILES string of the molecule is CN(C1CCN(CCC#N)CC1)S(=O)(=O)CCCN1[C@@H]2CCC[C@@]1(C(N)=O)CC2. The van der Waals surface area contributed by atoms with Gasteiger partial charge in [-0.15, -0.1) is 0 Å². The van der Waals surface area contributed by atoms with Gasteiger partial charge in [-0.3, -0.25) is 9.69 Å². The Hall–Kier alpha value is -1.21. The molecule has 164 valence electrons. The molecule has 0 saturated carbocycles. The predicted molar refractivity (Wildman–Crippen MR) is 111 cm³/mol. The molecular weight excluding hydrogens is 390 g/mol. The molecule has 3 aliphatic rings. The lowest BCUT2D eigenvalue weighted by atomic mass is 9.87. The molecule has 2 N–H and O–H groups in total. The number of carbonyl (C=O) groups excluding carboxylic acids is 1. The summed E-state index contributed by atoms with van der Waals surface area (Å²) in [6.07, 6.45) is 7.35. The predicted octanol–water partition coefficient (Wildman–Crippen LogP) is 0.889. The lowest BCUT2D eigenvalue weighted by Crippen LogP contribution is -2.58. The number of likely N-dealkylation sites (tertiary alicyclic amines) is 1. The van der Waals surface area contributed by atoms with Crippen LogP contribution in [0.2, 0.25) is 0 Å². The van der Waals surface area contributed by atoms with Gasteiger partial charge < -0.3 is 10.6 Å². The standard InChI is InChI=1S/C20H35N5O3S/c1-23(17-7-14-24(15-8-17)12-3-11-21)29(27,28)16-4-13-25-18-5-2-9-20(25,10-6-18)19(22)26/h17-18H,2-10,12-16H2,1H3,(H2,22,26)/t18-,20+/m1/s1. The van der Waals surface area contributed by atoms with Gasteiger partial charge in [-0.1, -0.05) is 0 Å². The summed E-state index contributed by atoms with van der Waals surface area (Å²) in [5.74, 6) is -0.140. The van der Waals surface area contributed by atoms with Crippen LogP contribution in [0.4, 0.5) is 0 Å². The van der Waals surface area contributed by atoms with Gasteiger partial charge in [0.1, 0.15) is 5.54 Å². The van der Waals surface area contributed by atoms with Gasteiger partial charge in [0.2, 0.25) is 15.9 Å². The summed E-state index contributed by atoms with van der Waals surface area (Å²) in [6, 6.07) is 2.56. The first-order valence-corrected chi connectivity index (χ1v) is 12.5. The Labute approximate surface area is 175 Å². The normalized spacial score (nSPS) is 29.2. The quantitative estimate of drug-likeness (QED) is 0.587. The summed E-state index contributed by atoms with van der Waals surface area (Å²) in [7, 11) is -1.64. The Bertz CT molecular complexity index is 725. The smallest absolute Gasteiger partial charge is 0.237 e. The van der Waals surface area contributed by atoms with Gasteiger partial charge in [-0.2, -0.15) is 5.26 Å². The average Bonchev–Trinajstić information content (AvgIpc) is 2.90. The molecule has 1 amide bonds. The molecule has 9 heteroatoms. The molecule has 2 bridgehead atoms. The highest BCUT2D eigenvalue weighted by atomic mass is 32.2. The Balaban J connectivity index is 1.50. The molecule has 3 heterocycles. The topological polar surface area (TPSA) is 111 Å². The lowest BCUT2D eigenvalue weighted by Gasteiger charge is -2.43. The van der Waals surface area contributed by atoms with Crippen LogP contribution in [-0.4, -0.2) is 85.0 Å². The van der Waals surface area contributed by atoms with Crippen LogP contribution in [-0.2, 0) is 14.8 Å². The van der Waals surface area contributed by atoms with Crippen molar-refractivity contribution < 1.29 is 13.2 Å². The molecule has 2 atom stereocenters. The van der Waals surface area contributed by atoms with Gasteiger partial charge in [-0.25, -0.2) is 12.7 Å². The van der Waals surface area contributed by atoms with Crippen molar-refractivity contribution >= 4 is 15.9 Å². The zero-order valence-corrected chi connectivity index (χ0v) is 18.4. The first-order chi connectivity index (χ1) is 13.8. The highest BCUT2D eigenvalue weighted by Gasteiger charge is 2.52. The zero-order valence-electron chi connectivity index (χ0n) is 17.6. The third kappa shape index (κ3) is 4.76. The molecule has 0 unspecified atom stereocenters. The number of nitrogens with zero attached hydrogens (tertiary/aromatic N) is 4. The van der Waals surface area contributed by atoms with Gasteiger partial charge >= 0.3 is 0 Å². The van der Waals surface area contributed by atoms with E-state index in [4.69, 9.17) is 11.0 Å². The molecule has 3 saturated heterocycles. The van der Waals surface area contributed by atoms with Gasteiger partial charge in [-0.05, 0) is 64.5 Å². The van der Waals surface area contributed by atoms with Gasteiger partial charge in [0, 0.05) is 38.6 Å². The minimum absolute atomic E-state index is 0.0291. The second-order valence-electron chi connectivity index (χ2n) is 8.84. The fourth-order valence-corrected chi connectivity index (χ4v) is 6.99. The van der Waals surface area contributed by atoms with Crippen molar-refractivity contribution in [2.45, 2.75) is 75.4 Å². The van der Waals surface area contributed by atoms with Crippen molar-refractivity contribution in [1.29, 1.82) is 5.26 Å². The van der Waals surface area contributed by atoms with Crippen molar-refractivity contribution in [2.75, 3.05) is 39.0 Å². The van der Waals surface area contributed by atoms with Gasteiger partial charge in [0.05, 0.1) is 11.8 Å². The van der Waals surface area contributed by atoms with Crippen molar-refractivity contribution in [3.63, 3.8) is 0 Å².